The van der Waals surface area contributed by atoms with Crippen LogP contribution in [0.3, 0.4) is 0 Å². The Kier molecular flexibility index (Phi) is 9.02. The van der Waals surface area contributed by atoms with E-state index in [0.717, 1.165) is 6.42 Å². The first kappa shape index (κ1) is 18.4. The van der Waals surface area contributed by atoms with Crippen LogP contribution in [0.5, 0.6) is 0 Å². The molecule has 3 atom stereocenters. The molecule has 0 saturated carbocycles. The molecule has 0 fully saturated rings. The number of likely N-dealkylation sites (N-methyl/N-ethyl adjacent to an activating group) is 1. The van der Waals surface area contributed by atoms with Crippen LogP contribution in [0, 0.1) is 5.92 Å². The summed E-state index contributed by atoms with van der Waals surface area (Å²) in [6.45, 7) is 11.0. The summed E-state index contributed by atoms with van der Waals surface area (Å²) < 4.78 is 10.8. The molecule has 0 aliphatic rings. The van der Waals surface area contributed by atoms with Crippen molar-refractivity contribution in [3.05, 3.63) is 0 Å². The van der Waals surface area contributed by atoms with E-state index in [2.05, 4.69) is 20.8 Å². The van der Waals surface area contributed by atoms with Crippen LogP contribution in [0.25, 0.3) is 0 Å². The summed E-state index contributed by atoms with van der Waals surface area (Å²) in [5, 5.41) is 0. The molecule has 4 nitrogen and oxygen atoms in total. The maximum absolute atomic E-state index is 12.4. The Morgan fingerprint density at radius 3 is 2.00 bits per heavy atom. The lowest BCUT2D eigenvalue weighted by atomic mass is 9.95. The fourth-order valence-corrected chi connectivity index (χ4v) is 2.55. The quantitative estimate of drug-likeness (QED) is 0.648. The van der Waals surface area contributed by atoms with Gasteiger partial charge in [0.1, 0.15) is 0 Å². The fraction of sp³-hybridized carbons (Fsp3) is 0.933. The molecule has 0 heterocycles. The molecule has 0 aliphatic heterocycles. The summed E-state index contributed by atoms with van der Waals surface area (Å²) in [6, 6.07) is 0.131. The lowest BCUT2D eigenvalue weighted by molar-refractivity contribution is -0.140. The van der Waals surface area contributed by atoms with E-state index < -0.39 is 0 Å². The third-order valence-electron chi connectivity index (χ3n) is 3.65. The van der Waals surface area contributed by atoms with Crippen molar-refractivity contribution in [2.24, 2.45) is 5.92 Å². The standard InChI is InChI=1S/C15H31NO3/c1-8-13(15(19-7)11(3)4)16(9-2)14(17)10-12(5)18-6/h11-13,15H,8-10H2,1-7H3. The van der Waals surface area contributed by atoms with Gasteiger partial charge in [0.05, 0.1) is 24.7 Å². The van der Waals surface area contributed by atoms with Crippen LogP contribution in [-0.4, -0.2) is 49.8 Å². The van der Waals surface area contributed by atoms with Crippen molar-refractivity contribution >= 4 is 5.91 Å². The lowest BCUT2D eigenvalue weighted by Crippen LogP contribution is -2.49. The van der Waals surface area contributed by atoms with E-state index in [1.807, 2.05) is 18.7 Å². The third kappa shape index (κ3) is 5.49. The first-order valence-electron chi connectivity index (χ1n) is 7.27. The Balaban J connectivity index is 4.91. The van der Waals surface area contributed by atoms with Gasteiger partial charge in [-0.25, -0.2) is 0 Å². The molecule has 3 unspecified atom stereocenters. The highest BCUT2D eigenvalue weighted by molar-refractivity contribution is 5.77. The average Bonchev–Trinajstić information content (AvgIpc) is 2.37. The number of carbonyl (C=O) groups is 1. The van der Waals surface area contributed by atoms with Crippen molar-refractivity contribution in [1.29, 1.82) is 0 Å². The van der Waals surface area contributed by atoms with E-state index in [-0.39, 0.29) is 24.2 Å². The van der Waals surface area contributed by atoms with Gasteiger partial charge in [-0.05, 0) is 26.2 Å². The van der Waals surface area contributed by atoms with Gasteiger partial charge in [-0.15, -0.1) is 0 Å². The van der Waals surface area contributed by atoms with Crippen LogP contribution in [0.4, 0.5) is 0 Å². The van der Waals surface area contributed by atoms with Crippen molar-refractivity contribution in [3.8, 4) is 0 Å². The molecule has 1 amide bonds. The van der Waals surface area contributed by atoms with Gasteiger partial charge >= 0.3 is 0 Å². The maximum Gasteiger partial charge on any atom is 0.225 e. The number of methoxy groups -OCH3 is 2. The average molecular weight is 273 g/mol. The number of carbonyl (C=O) groups excluding carboxylic acids is 1. The number of amides is 1. The summed E-state index contributed by atoms with van der Waals surface area (Å²) in [5.74, 6) is 0.531. The van der Waals surface area contributed by atoms with Crippen LogP contribution in [-0.2, 0) is 14.3 Å². The molecule has 0 bridgehead atoms. The molecular weight excluding hydrogens is 242 g/mol. The highest BCUT2D eigenvalue weighted by Gasteiger charge is 2.31. The normalized spacial score (nSPS) is 16.2. The lowest BCUT2D eigenvalue weighted by Gasteiger charge is -2.37. The molecule has 0 aromatic heterocycles. The molecule has 0 aromatic carbocycles. The number of nitrogens with zero attached hydrogens (tertiary/aromatic N) is 1. The Hall–Kier alpha value is -0.610. The molecule has 0 aliphatic carbocycles. The second-order valence-electron chi connectivity index (χ2n) is 5.35. The number of hydrogen-bond acceptors (Lipinski definition) is 3. The topological polar surface area (TPSA) is 38.8 Å². The van der Waals surface area contributed by atoms with Crippen molar-refractivity contribution in [3.63, 3.8) is 0 Å². The highest BCUT2D eigenvalue weighted by atomic mass is 16.5. The van der Waals surface area contributed by atoms with E-state index in [9.17, 15) is 4.79 Å². The zero-order valence-electron chi connectivity index (χ0n) is 13.6. The predicted molar refractivity (Wildman–Crippen MR) is 78.2 cm³/mol. The molecule has 0 saturated heterocycles. The van der Waals surface area contributed by atoms with Gasteiger partial charge in [0.15, 0.2) is 0 Å². The Morgan fingerprint density at radius 2 is 1.68 bits per heavy atom. The summed E-state index contributed by atoms with van der Waals surface area (Å²) in [6.07, 6.45) is 1.36. The van der Waals surface area contributed by atoms with Gasteiger partial charge in [0.2, 0.25) is 5.91 Å². The van der Waals surface area contributed by atoms with Gasteiger partial charge in [-0.2, -0.15) is 0 Å². The van der Waals surface area contributed by atoms with E-state index in [1.54, 1.807) is 14.2 Å². The molecule has 114 valence electrons. The van der Waals surface area contributed by atoms with Crippen LogP contribution < -0.4 is 0 Å². The minimum Gasteiger partial charge on any atom is -0.381 e. The van der Waals surface area contributed by atoms with Crippen molar-refractivity contribution in [1.82, 2.24) is 4.90 Å². The molecule has 0 radical (unpaired) electrons. The highest BCUT2D eigenvalue weighted by Crippen LogP contribution is 2.20. The Labute approximate surface area is 118 Å². The van der Waals surface area contributed by atoms with Gasteiger partial charge in [0.25, 0.3) is 0 Å². The maximum atomic E-state index is 12.4. The first-order chi connectivity index (χ1) is 8.92. The van der Waals surface area contributed by atoms with Crippen LogP contribution in [0.2, 0.25) is 0 Å². The second kappa shape index (κ2) is 9.32. The molecule has 0 N–H and O–H groups in total. The molecule has 4 heteroatoms. The fourth-order valence-electron chi connectivity index (χ4n) is 2.55. The van der Waals surface area contributed by atoms with Crippen LogP contribution in [0.1, 0.15) is 47.5 Å². The second-order valence-corrected chi connectivity index (χ2v) is 5.35. The zero-order valence-corrected chi connectivity index (χ0v) is 13.6. The largest absolute Gasteiger partial charge is 0.381 e. The number of ether oxygens (including phenoxy) is 2. The van der Waals surface area contributed by atoms with Gasteiger partial charge in [-0.3, -0.25) is 4.79 Å². The van der Waals surface area contributed by atoms with Crippen molar-refractivity contribution in [2.45, 2.75) is 65.7 Å². The first-order valence-corrected chi connectivity index (χ1v) is 7.27. The SMILES string of the molecule is CCC(C(OC)C(C)C)N(CC)C(=O)CC(C)OC. The predicted octanol–water partition coefficient (Wildman–Crippen LogP) is 2.71. The van der Waals surface area contributed by atoms with Crippen LogP contribution >= 0.6 is 0 Å². The molecule has 0 spiro atoms. The molecular formula is C15H31NO3. The molecule has 0 rings (SSSR count). The van der Waals surface area contributed by atoms with E-state index in [4.69, 9.17) is 9.47 Å². The van der Waals surface area contributed by atoms with Gasteiger partial charge in [-0.1, -0.05) is 20.8 Å². The summed E-state index contributed by atoms with van der Waals surface area (Å²) in [4.78, 5) is 14.3. The van der Waals surface area contributed by atoms with Crippen LogP contribution in [0.15, 0.2) is 0 Å². The Bertz CT molecular complexity index is 256. The van der Waals surface area contributed by atoms with E-state index in [1.165, 1.54) is 0 Å². The van der Waals surface area contributed by atoms with E-state index in [0.29, 0.717) is 18.9 Å². The smallest absolute Gasteiger partial charge is 0.225 e. The minimum absolute atomic E-state index is 0.0425. The number of hydrogen-bond donors (Lipinski definition) is 0. The minimum atomic E-state index is -0.0425. The van der Waals surface area contributed by atoms with Crippen molar-refractivity contribution in [2.75, 3.05) is 20.8 Å². The summed E-state index contributed by atoms with van der Waals surface area (Å²) >= 11 is 0. The van der Waals surface area contributed by atoms with Gasteiger partial charge < -0.3 is 14.4 Å². The monoisotopic (exact) mass is 273 g/mol. The summed E-state index contributed by atoms with van der Waals surface area (Å²) in [5.41, 5.74) is 0. The van der Waals surface area contributed by atoms with Crippen molar-refractivity contribution < 1.29 is 14.3 Å². The molecule has 19 heavy (non-hydrogen) atoms. The molecule has 0 aromatic rings. The summed E-state index contributed by atoms with van der Waals surface area (Å²) in [7, 11) is 3.36. The van der Waals surface area contributed by atoms with Gasteiger partial charge in [0, 0.05) is 20.8 Å². The Morgan fingerprint density at radius 1 is 1.11 bits per heavy atom. The van der Waals surface area contributed by atoms with E-state index >= 15 is 0 Å². The number of rotatable bonds is 9. The third-order valence-corrected chi connectivity index (χ3v) is 3.65. The zero-order chi connectivity index (χ0) is 15.0.